The van der Waals surface area contributed by atoms with Crippen molar-refractivity contribution in [2.45, 2.75) is 26.1 Å². The molecule has 0 saturated heterocycles. The van der Waals surface area contributed by atoms with Gasteiger partial charge in [-0.2, -0.15) is 0 Å². The standard InChI is InChI=1S/C17H16O4.C3H8O2/c1-13(21-17(19)15-10-6-3-7-11-15)12-20-16(18)14-8-4-2-5-9-14;1-3(5)2-4/h2-11,13H,12H2,1H3;3-5H,2H2,1H3. The molecule has 2 unspecified atom stereocenters. The van der Waals surface area contributed by atoms with E-state index >= 15 is 0 Å². The molecule has 26 heavy (non-hydrogen) atoms. The van der Waals surface area contributed by atoms with Gasteiger partial charge >= 0.3 is 11.9 Å². The molecule has 0 aliphatic heterocycles. The number of rotatable bonds is 6. The lowest BCUT2D eigenvalue weighted by Gasteiger charge is -2.13. The predicted molar refractivity (Wildman–Crippen MR) is 96.8 cm³/mol. The second-order valence-electron chi connectivity index (χ2n) is 5.58. The molecule has 0 radical (unpaired) electrons. The van der Waals surface area contributed by atoms with E-state index in [1.807, 2.05) is 12.1 Å². The first-order chi connectivity index (χ1) is 12.4. The smallest absolute Gasteiger partial charge is 0.338 e. The first-order valence-corrected chi connectivity index (χ1v) is 8.21. The highest BCUT2D eigenvalue weighted by Crippen LogP contribution is 2.06. The molecule has 0 fully saturated rings. The molecule has 0 saturated carbocycles. The number of carbonyl (C=O) groups is 2. The van der Waals surface area contributed by atoms with Crippen LogP contribution in [-0.4, -0.2) is 47.6 Å². The molecule has 0 heterocycles. The Morgan fingerprint density at radius 1 is 0.885 bits per heavy atom. The second kappa shape index (κ2) is 11.8. The van der Waals surface area contributed by atoms with Gasteiger partial charge in [0.2, 0.25) is 0 Å². The Morgan fingerprint density at radius 3 is 1.73 bits per heavy atom. The molecule has 6 heteroatoms. The molecule has 0 aliphatic rings. The van der Waals surface area contributed by atoms with E-state index in [0.29, 0.717) is 11.1 Å². The van der Waals surface area contributed by atoms with Crippen LogP contribution >= 0.6 is 0 Å². The third kappa shape index (κ3) is 8.41. The average molecular weight is 360 g/mol. The van der Waals surface area contributed by atoms with Crippen LogP contribution in [0.25, 0.3) is 0 Å². The van der Waals surface area contributed by atoms with Crippen LogP contribution in [0.5, 0.6) is 0 Å². The van der Waals surface area contributed by atoms with E-state index in [9.17, 15) is 9.59 Å². The van der Waals surface area contributed by atoms with Crippen LogP contribution in [0.2, 0.25) is 0 Å². The number of carbonyl (C=O) groups excluding carboxylic acids is 2. The minimum atomic E-state index is -0.560. The van der Waals surface area contributed by atoms with E-state index in [-0.39, 0.29) is 13.2 Å². The lowest BCUT2D eigenvalue weighted by molar-refractivity contribution is 0.00448. The Kier molecular flexibility index (Phi) is 9.67. The topological polar surface area (TPSA) is 93.1 Å². The minimum Gasteiger partial charge on any atom is -0.458 e. The zero-order chi connectivity index (χ0) is 19.4. The van der Waals surface area contributed by atoms with Crippen molar-refractivity contribution in [2.24, 2.45) is 0 Å². The molecule has 0 spiro atoms. The molecule has 2 aromatic rings. The van der Waals surface area contributed by atoms with Crippen molar-refractivity contribution in [3.8, 4) is 0 Å². The highest BCUT2D eigenvalue weighted by Gasteiger charge is 2.14. The second-order valence-corrected chi connectivity index (χ2v) is 5.58. The van der Waals surface area contributed by atoms with Crippen LogP contribution in [0.15, 0.2) is 60.7 Å². The Balaban J connectivity index is 0.000000597. The number of aliphatic hydroxyl groups excluding tert-OH is 2. The Bertz CT molecular complexity index is 655. The van der Waals surface area contributed by atoms with Crippen molar-refractivity contribution >= 4 is 11.9 Å². The lowest BCUT2D eigenvalue weighted by Crippen LogP contribution is -2.22. The van der Waals surface area contributed by atoms with Gasteiger partial charge in [-0.15, -0.1) is 0 Å². The van der Waals surface area contributed by atoms with E-state index in [0.717, 1.165) is 0 Å². The van der Waals surface area contributed by atoms with Crippen LogP contribution in [0.4, 0.5) is 0 Å². The van der Waals surface area contributed by atoms with E-state index < -0.39 is 24.1 Å². The van der Waals surface area contributed by atoms with E-state index in [1.54, 1.807) is 55.5 Å². The summed E-state index contributed by atoms with van der Waals surface area (Å²) in [6.45, 7) is 3.09. The van der Waals surface area contributed by atoms with E-state index in [2.05, 4.69) is 0 Å². The Hall–Kier alpha value is -2.70. The van der Waals surface area contributed by atoms with Crippen molar-refractivity contribution in [1.82, 2.24) is 0 Å². The zero-order valence-corrected chi connectivity index (χ0v) is 14.9. The molecule has 6 nitrogen and oxygen atoms in total. The van der Waals surface area contributed by atoms with Crippen LogP contribution < -0.4 is 0 Å². The van der Waals surface area contributed by atoms with Gasteiger partial charge in [-0.1, -0.05) is 36.4 Å². The summed E-state index contributed by atoms with van der Waals surface area (Å²) in [5, 5.41) is 16.0. The van der Waals surface area contributed by atoms with Gasteiger partial charge in [-0.05, 0) is 38.1 Å². The van der Waals surface area contributed by atoms with Gasteiger partial charge in [0.15, 0.2) is 0 Å². The Labute approximate surface area is 153 Å². The molecule has 2 rings (SSSR count). The Morgan fingerprint density at radius 2 is 1.31 bits per heavy atom. The summed E-state index contributed by atoms with van der Waals surface area (Å²) in [6.07, 6.45) is -1.07. The van der Waals surface area contributed by atoms with Gasteiger partial charge in [0.1, 0.15) is 12.7 Å². The fourth-order valence-corrected chi connectivity index (χ4v) is 1.71. The molecule has 0 amide bonds. The summed E-state index contributed by atoms with van der Waals surface area (Å²) in [6, 6.07) is 17.4. The summed E-state index contributed by atoms with van der Waals surface area (Å²) in [4.78, 5) is 23.5. The highest BCUT2D eigenvalue weighted by molar-refractivity contribution is 5.90. The fourth-order valence-electron chi connectivity index (χ4n) is 1.71. The summed E-state index contributed by atoms with van der Waals surface area (Å²) in [5.74, 6) is -0.864. The highest BCUT2D eigenvalue weighted by atomic mass is 16.6. The van der Waals surface area contributed by atoms with Crippen molar-refractivity contribution in [3.05, 3.63) is 71.8 Å². The summed E-state index contributed by atoms with van der Waals surface area (Å²) in [5.41, 5.74) is 0.942. The van der Waals surface area contributed by atoms with Gasteiger partial charge in [0.25, 0.3) is 0 Å². The van der Waals surface area contributed by atoms with Gasteiger partial charge in [-0.25, -0.2) is 9.59 Å². The maximum Gasteiger partial charge on any atom is 0.338 e. The minimum absolute atomic E-state index is 0.0201. The van der Waals surface area contributed by atoms with Gasteiger partial charge in [0, 0.05) is 0 Å². The number of benzene rings is 2. The fraction of sp³-hybridized carbons (Fsp3) is 0.300. The maximum atomic E-state index is 11.8. The molecule has 2 N–H and O–H groups in total. The molecular weight excluding hydrogens is 336 g/mol. The third-order valence-corrected chi connectivity index (χ3v) is 3.04. The molecule has 140 valence electrons. The van der Waals surface area contributed by atoms with Crippen molar-refractivity contribution in [1.29, 1.82) is 0 Å². The normalized spacial score (nSPS) is 12.2. The molecule has 2 atom stereocenters. The first-order valence-electron chi connectivity index (χ1n) is 8.21. The van der Waals surface area contributed by atoms with Crippen LogP contribution in [-0.2, 0) is 9.47 Å². The van der Waals surface area contributed by atoms with Crippen molar-refractivity contribution in [2.75, 3.05) is 13.2 Å². The summed E-state index contributed by atoms with van der Waals surface area (Å²) < 4.78 is 10.3. The molecular formula is C20H24O6. The predicted octanol–water partition coefficient (Wildman–Crippen LogP) is 2.45. The van der Waals surface area contributed by atoms with Crippen LogP contribution in [0.1, 0.15) is 34.6 Å². The number of hydrogen-bond donors (Lipinski definition) is 2. The van der Waals surface area contributed by atoms with Crippen LogP contribution in [0.3, 0.4) is 0 Å². The van der Waals surface area contributed by atoms with Gasteiger partial charge < -0.3 is 19.7 Å². The summed E-state index contributed by atoms with van der Waals surface area (Å²) >= 11 is 0. The van der Waals surface area contributed by atoms with Gasteiger partial charge in [0.05, 0.1) is 23.8 Å². The lowest BCUT2D eigenvalue weighted by atomic mass is 10.2. The molecule has 0 bridgehead atoms. The van der Waals surface area contributed by atoms with E-state index in [4.69, 9.17) is 19.7 Å². The van der Waals surface area contributed by atoms with Gasteiger partial charge in [-0.3, -0.25) is 0 Å². The van der Waals surface area contributed by atoms with E-state index in [1.165, 1.54) is 6.92 Å². The largest absolute Gasteiger partial charge is 0.458 e. The molecule has 2 aromatic carbocycles. The third-order valence-electron chi connectivity index (χ3n) is 3.04. The average Bonchev–Trinajstić information content (AvgIpc) is 2.67. The van der Waals surface area contributed by atoms with Crippen molar-refractivity contribution < 1.29 is 29.3 Å². The molecule has 0 aliphatic carbocycles. The van der Waals surface area contributed by atoms with Crippen molar-refractivity contribution in [3.63, 3.8) is 0 Å². The number of ether oxygens (including phenoxy) is 2. The summed E-state index contributed by atoms with van der Waals surface area (Å²) in [7, 11) is 0. The number of esters is 2. The zero-order valence-electron chi connectivity index (χ0n) is 14.9. The molecule has 0 aromatic heterocycles. The number of aliphatic hydroxyl groups is 2. The maximum absolute atomic E-state index is 11.8. The SMILES string of the molecule is CC(COC(=O)c1ccccc1)OC(=O)c1ccccc1.CC(O)CO. The van der Waals surface area contributed by atoms with Crippen LogP contribution in [0, 0.1) is 0 Å². The first kappa shape index (κ1) is 21.3. The monoisotopic (exact) mass is 360 g/mol. The quantitative estimate of drug-likeness (QED) is 0.769. The number of hydrogen-bond acceptors (Lipinski definition) is 6.